The third-order valence-corrected chi connectivity index (χ3v) is 4.22. The first-order chi connectivity index (χ1) is 12.2. The van der Waals surface area contributed by atoms with Crippen molar-refractivity contribution in [2.75, 3.05) is 21.0 Å². The first-order valence-electron chi connectivity index (χ1n) is 7.79. The van der Waals surface area contributed by atoms with E-state index in [-0.39, 0.29) is 6.79 Å². The Morgan fingerprint density at radius 2 is 1.96 bits per heavy atom. The van der Waals surface area contributed by atoms with E-state index < -0.39 is 12.2 Å². The van der Waals surface area contributed by atoms with Gasteiger partial charge in [0.2, 0.25) is 6.79 Å². The van der Waals surface area contributed by atoms with Crippen molar-refractivity contribution in [2.45, 2.75) is 12.8 Å². The van der Waals surface area contributed by atoms with Crippen LogP contribution in [0.1, 0.15) is 27.7 Å². The molecule has 0 saturated heterocycles. The normalized spacial score (nSPS) is 17.2. The predicted molar refractivity (Wildman–Crippen MR) is 87.1 cm³/mol. The summed E-state index contributed by atoms with van der Waals surface area (Å²) in [6, 6.07) is 9.27. The van der Waals surface area contributed by atoms with E-state index in [1.54, 1.807) is 12.1 Å². The van der Waals surface area contributed by atoms with Crippen molar-refractivity contribution in [3.63, 3.8) is 0 Å². The second kappa shape index (κ2) is 6.18. The van der Waals surface area contributed by atoms with Crippen LogP contribution in [0.4, 0.5) is 0 Å². The Labute approximate surface area is 144 Å². The molecule has 0 spiro atoms. The molecule has 7 nitrogen and oxygen atoms in total. The molecular weight excluding hydrogens is 326 g/mol. The molecular formula is C18H17NO6. The number of esters is 1. The minimum atomic E-state index is -0.548. The van der Waals surface area contributed by atoms with Gasteiger partial charge in [0, 0.05) is 12.1 Å². The second-order valence-electron chi connectivity index (χ2n) is 5.62. The molecule has 0 aliphatic carbocycles. The maximum absolute atomic E-state index is 12.3. The molecule has 1 N–H and O–H groups in total. The number of hydrogen-bond donors (Lipinski definition) is 1. The predicted octanol–water partition coefficient (Wildman–Crippen LogP) is 2.39. The molecule has 0 bridgehead atoms. The van der Waals surface area contributed by atoms with Gasteiger partial charge in [-0.3, -0.25) is 5.32 Å². The highest BCUT2D eigenvalue weighted by Crippen LogP contribution is 2.41. The van der Waals surface area contributed by atoms with Gasteiger partial charge < -0.3 is 23.7 Å². The van der Waals surface area contributed by atoms with Crippen LogP contribution in [0.5, 0.6) is 23.0 Å². The third-order valence-electron chi connectivity index (χ3n) is 4.22. The third kappa shape index (κ3) is 2.62. The Morgan fingerprint density at radius 3 is 2.76 bits per heavy atom. The smallest absolute Gasteiger partial charge is 0.344 e. The Balaban J connectivity index is 1.55. The number of fused-ring (bicyclic) bond motifs is 2. The summed E-state index contributed by atoms with van der Waals surface area (Å²) in [5, 5.41) is 3.23. The number of cyclic esters (lactones) is 1. The van der Waals surface area contributed by atoms with Crippen molar-refractivity contribution in [2.24, 2.45) is 0 Å². The lowest BCUT2D eigenvalue weighted by Crippen LogP contribution is -2.20. The van der Waals surface area contributed by atoms with Crippen molar-refractivity contribution in [3.8, 4) is 23.0 Å². The summed E-state index contributed by atoms with van der Waals surface area (Å²) >= 11 is 0. The molecule has 1 atom stereocenters. The van der Waals surface area contributed by atoms with Gasteiger partial charge in [0.05, 0.1) is 14.2 Å². The van der Waals surface area contributed by atoms with Crippen molar-refractivity contribution in [1.29, 1.82) is 0 Å². The van der Waals surface area contributed by atoms with Crippen LogP contribution in [-0.2, 0) is 11.3 Å². The van der Waals surface area contributed by atoms with E-state index in [0.717, 1.165) is 22.6 Å². The molecule has 2 aliphatic heterocycles. The number of ether oxygens (including phenoxy) is 5. The average molecular weight is 343 g/mol. The lowest BCUT2D eigenvalue weighted by Gasteiger charge is -2.14. The van der Waals surface area contributed by atoms with Gasteiger partial charge in [-0.25, -0.2) is 4.79 Å². The van der Waals surface area contributed by atoms with E-state index in [9.17, 15) is 4.79 Å². The van der Waals surface area contributed by atoms with Crippen molar-refractivity contribution < 1.29 is 28.5 Å². The van der Waals surface area contributed by atoms with E-state index >= 15 is 0 Å². The molecule has 2 aromatic carbocycles. The Bertz CT molecular complexity index is 835. The van der Waals surface area contributed by atoms with Crippen LogP contribution in [0, 0.1) is 0 Å². The van der Waals surface area contributed by atoms with Gasteiger partial charge in [-0.15, -0.1) is 0 Å². The summed E-state index contributed by atoms with van der Waals surface area (Å²) in [6.07, 6.45) is -0.548. The van der Waals surface area contributed by atoms with E-state index in [0.29, 0.717) is 23.6 Å². The van der Waals surface area contributed by atoms with E-state index in [1.807, 2.05) is 18.2 Å². The molecule has 0 radical (unpaired) electrons. The van der Waals surface area contributed by atoms with Crippen LogP contribution in [-0.4, -0.2) is 27.0 Å². The van der Waals surface area contributed by atoms with Gasteiger partial charge in [0.1, 0.15) is 5.56 Å². The van der Waals surface area contributed by atoms with Crippen LogP contribution in [0.15, 0.2) is 30.3 Å². The number of carbonyl (C=O) groups is 1. The van der Waals surface area contributed by atoms with Gasteiger partial charge >= 0.3 is 5.97 Å². The molecule has 130 valence electrons. The fourth-order valence-corrected chi connectivity index (χ4v) is 3.01. The van der Waals surface area contributed by atoms with Crippen LogP contribution in [0.25, 0.3) is 0 Å². The highest BCUT2D eigenvalue weighted by Gasteiger charge is 2.35. The lowest BCUT2D eigenvalue weighted by molar-refractivity contribution is 0.0302. The molecule has 4 rings (SSSR count). The van der Waals surface area contributed by atoms with E-state index in [1.165, 1.54) is 14.2 Å². The SMILES string of the molecule is COc1ccc2c(c1OC)C(=O)OC2NCc1ccc2c(c1)OCO2. The number of benzene rings is 2. The summed E-state index contributed by atoms with van der Waals surface area (Å²) in [5.74, 6) is 1.90. The minimum Gasteiger partial charge on any atom is -0.493 e. The number of hydrogen-bond acceptors (Lipinski definition) is 7. The van der Waals surface area contributed by atoms with Crippen molar-refractivity contribution >= 4 is 5.97 Å². The van der Waals surface area contributed by atoms with Gasteiger partial charge in [-0.05, 0) is 29.8 Å². The summed E-state index contributed by atoms with van der Waals surface area (Å²) in [7, 11) is 3.03. The van der Waals surface area contributed by atoms with Gasteiger partial charge in [-0.1, -0.05) is 6.07 Å². The zero-order valence-corrected chi connectivity index (χ0v) is 13.8. The quantitative estimate of drug-likeness (QED) is 0.836. The topological polar surface area (TPSA) is 75.3 Å². The fourth-order valence-electron chi connectivity index (χ4n) is 3.01. The maximum Gasteiger partial charge on any atom is 0.344 e. The van der Waals surface area contributed by atoms with Crippen LogP contribution in [0.2, 0.25) is 0 Å². The largest absolute Gasteiger partial charge is 0.493 e. The van der Waals surface area contributed by atoms with Crippen LogP contribution in [0.3, 0.4) is 0 Å². The molecule has 0 amide bonds. The molecule has 0 fully saturated rings. The maximum atomic E-state index is 12.3. The Kier molecular flexibility index (Phi) is 3.85. The Hall–Kier alpha value is -2.93. The summed E-state index contributed by atoms with van der Waals surface area (Å²) in [5.41, 5.74) is 2.11. The summed E-state index contributed by atoms with van der Waals surface area (Å²) in [4.78, 5) is 12.3. The summed E-state index contributed by atoms with van der Waals surface area (Å²) in [6.45, 7) is 0.740. The highest BCUT2D eigenvalue weighted by molar-refractivity contribution is 5.98. The molecule has 0 saturated carbocycles. The highest BCUT2D eigenvalue weighted by atomic mass is 16.7. The Morgan fingerprint density at radius 1 is 1.12 bits per heavy atom. The molecule has 25 heavy (non-hydrogen) atoms. The summed E-state index contributed by atoms with van der Waals surface area (Å²) < 4.78 is 26.7. The van der Waals surface area contributed by atoms with E-state index in [2.05, 4.69) is 5.32 Å². The van der Waals surface area contributed by atoms with Gasteiger partial charge in [0.15, 0.2) is 29.2 Å². The monoisotopic (exact) mass is 343 g/mol. The number of methoxy groups -OCH3 is 2. The average Bonchev–Trinajstić information content (AvgIpc) is 3.23. The first-order valence-corrected chi connectivity index (χ1v) is 7.79. The standard InChI is InChI=1S/C18H17NO6/c1-21-13-6-4-11-15(16(13)22-2)18(20)25-17(11)19-8-10-3-5-12-14(7-10)24-9-23-12/h3-7,17,19H,8-9H2,1-2H3. The van der Waals surface area contributed by atoms with E-state index in [4.69, 9.17) is 23.7 Å². The zero-order valence-electron chi connectivity index (χ0n) is 13.8. The lowest BCUT2D eigenvalue weighted by atomic mass is 10.1. The molecule has 1 unspecified atom stereocenters. The fraction of sp³-hybridized carbons (Fsp3) is 0.278. The van der Waals surface area contributed by atoms with Gasteiger partial charge in [0.25, 0.3) is 0 Å². The minimum absolute atomic E-state index is 0.238. The second-order valence-corrected chi connectivity index (χ2v) is 5.62. The molecule has 0 aromatic heterocycles. The number of rotatable bonds is 5. The van der Waals surface area contributed by atoms with Crippen molar-refractivity contribution in [1.82, 2.24) is 5.32 Å². The first kappa shape index (κ1) is 15.6. The van der Waals surface area contributed by atoms with Crippen molar-refractivity contribution in [3.05, 3.63) is 47.0 Å². The van der Waals surface area contributed by atoms with Crippen LogP contribution < -0.4 is 24.3 Å². The van der Waals surface area contributed by atoms with Crippen LogP contribution >= 0.6 is 0 Å². The molecule has 2 aliphatic rings. The molecule has 7 heteroatoms. The van der Waals surface area contributed by atoms with Gasteiger partial charge in [-0.2, -0.15) is 0 Å². The number of nitrogens with one attached hydrogen (secondary N) is 1. The molecule has 2 aromatic rings. The number of carbonyl (C=O) groups excluding carboxylic acids is 1. The molecule has 2 heterocycles. The zero-order chi connectivity index (χ0) is 17.4.